The summed E-state index contributed by atoms with van der Waals surface area (Å²) >= 11 is 0. The van der Waals surface area contributed by atoms with E-state index in [0.29, 0.717) is 37.6 Å². The maximum Gasteiger partial charge on any atom is 0.303 e. The summed E-state index contributed by atoms with van der Waals surface area (Å²) in [6.07, 6.45) is 1.81. The second-order valence-electron chi connectivity index (χ2n) is 6.66. The lowest BCUT2D eigenvalue weighted by atomic mass is 9.80. The first-order valence-corrected chi connectivity index (χ1v) is 8.38. The van der Waals surface area contributed by atoms with E-state index >= 15 is 0 Å². The van der Waals surface area contributed by atoms with Gasteiger partial charge in [-0.15, -0.1) is 0 Å². The van der Waals surface area contributed by atoms with Crippen molar-refractivity contribution in [1.82, 2.24) is 10.0 Å². The zero-order valence-corrected chi connectivity index (χ0v) is 13.9. The number of ether oxygens (including phenoxy) is 1. The van der Waals surface area contributed by atoms with E-state index in [2.05, 4.69) is 22.2 Å². The van der Waals surface area contributed by atoms with E-state index in [9.17, 15) is 5.21 Å². The van der Waals surface area contributed by atoms with Gasteiger partial charge in [-0.2, -0.15) is 4.98 Å². The number of amidine groups is 1. The third kappa shape index (κ3) is 2.63. The topological polar surface area (TPSA) is 86.0 Å². The van der Waals surface area contributed by atoms with Gasteiger partial charge in [0.25, 0.3) is 6.02 Å². The maximum atomic E-state index is 11.8. The van der Waals surface area contributed by atoms with E-state index in [1.54, 1.807) is 0 Å². The first-order chi connectivity index (χ1) is 11.6. The quantitative estimate of drug-likeness (QED) is 0.912. The van der Waals surface area contributed by atoms with Crippen LogP contribution in [0.5, 0.6) is 0 Å². The Morgan fingerprint density at radius 1 is 1.46 bits per heavy atom. The number of rotatable bonds is 2. The summed E-state index contributed by atoms with van der Waals surface area (Å²) in [6.45, 7) is 5.55. The van der Waals surface area contributed by atoms with Gasteiger partial charge in [0.05, 0.1) is 6.54 Å². The molecule has 0 bridgehead atoms. The number of benzene rings is 1. The highest BCUT2D eigenvalue weighted by Crippen LogP contribution is 2.36. The zero-order valence-electron chi connectivity index (χ0n) is 13.9. The number of nitrogens with one attached hydrogen (secondary N) is 1. The largest absolute Gasteiger partial charge is 0.785 e. The molecule has 1 spiro atoms. The molecule has 2 aromatic rings. The molecule has 0 amide bonds. The minimum atomic E-state index is -0.528. The molecule has 0 saturated carbocycles. The molecule has 7 nitrogen and oxygen atoms in total. The molecule has 1 fully saturated rings. The summed E-state index contributed by atoms with van der Waals surface area (Å²) in [5, 5.41) is 15.9. The number of anilines is 1. The second-order valence-corrected chi connectivity index (χ2v) is 6.66. The van der Waals surface area contributed by atoms with Gasteiger partial charge in [0.2, 0.25) is 0 Å². The highest BCUT2D eigenvalue weighted by Gasteiger charge is 2.46. The molecule has 4 rings (SSSR count). The van der Waals surface area contributed by atoms with Crippen molar-refractivity contribution in [1.29, 1.82) is 0 Å². The van der Waals surface area contributed by atoms with E-state index in [-0.39, 0.29) is 0 Å². The molecule has 3 heterocycles. The third-order valence-corrected chi connectivity index (χ3v) is 4.96. The summed E-state index contributed by atoms with van der Waals surface area (Å²) in [5.74, 6) is 0.331. The summed E-state index contributed by atoms with van der Waals surface area (Å²) in [6, 6.07) is 6.59. The Bertz CT molecular complexity index is 787. The van der Waals surface area contributed by atoms with Gasteiger partial charge in [-0.05, 0) is 44.0 Å². The van der Waals surface area contributed by atoms with Crippen molar-refractivity contribution in [2.24, 2.45) is 10.9 Å². The van der Waals surface area contributed by atoms with Crippen LogP contribution in [-0.2, 0) is 4.74 Å². The van der Waals surface area contributed by atoms with Crippen LogP contribution in [0.25, 0.3) is 11.1 Å². The van der Waals surface area contributed by atoms with Crippen molar-refractivity contribution in [3.63, 3.8) is 0 Å². The molecule has 1 aromatic carbocycles. The molecule has 2 aliphatic heterocycles. The van der Waals surface area contributed by atoms with Crippen LogP contribution >= 0.6 is 0 Å². The Kier molecular flexibility index (Phi) is 3.69. The predicted molar refractivity (Wildman–Crippen MR) is 91.8 cm³/mol. The van der Waals surface area contributed by atoms with E-state index in [0.717, 1.165) is 34.6 Å². The molecule has 2 atom stereocenters. The molecule has 24 heavy (non-hydrogen) atoms. The molecule has 2 aliphatic rings. The molecule has 0 radical (unpaired) electrons. The van der Waals surface area contributed by atoms with Crippen LogP contribution < -0.4 is 5.32 Å². The molecule has 1 aromatic heterocycles. The van der Waals surface area contributed by atoms with Gasteiger partial charge < -0.3 is 19.4 Å². The van der Waals surface area contributed by atoms with Gasteiger partial charge in [-0.3, -0.25) is 5.32 Å². The fourth-order valence-corrected chi connectivity index (χ4v) is 3.64. The van der Waals surface area contributed by atoms with Gasteiger partial charge in [-0.1, -0.05) is 13.0 Å². The summed E-state index contributed by atoms with van der Waals surface area (Å²) in [7, 11) is 0. The normalized spacial score (nSPS) is 27.5. The van der Waals surface area contributed by atoms with E-state index < -0.39 is 5.60 Å². The number of oxazole rings is 1. The van der Waals surface area contributed by atoms with Gasteiger partial charge in [0, 0.05) is 12.5 Å². The van der Waals surface area contributed by atoms with Crippen LogP contribution in [0, 0.1) is 18.0 Å². The Hall–Kier alpha value is -2.12. The van der Waals surface area contributed by atoms with Gasteiger partial charge in [0.15, 0.2) is 5.58 Å². The Balaban J connectivity index is 1.51. The molecule has 1 N–H and O–H groups in total. The highest BCUT2D eigenvalue weighted by atomic mass is 16.5. The number of fused-ring (bicyclic) bond motifs is 1. The van der Waals surface area contributed by atoms with E-state index in [1.807, 2.05) is 25.1 Å². The molecule has 128 valence electrons. The van der Waals surface area contributed by atoms with Crippen molar-refractivity contribution in [2.75, 3.05) is 25.0 Å². The minimum absolute atomic E-state index is 0.331. The second kappa shape index (κ2) is 5.75. The summed E-state index contributed by atoms with van der Waals surface area (Å²) in [4.78, 5) is 8.84. The molecular formula is C17H21N4O3-. The average Bonchev–Trinajstić information content (AvgIpc) is 3.11. The Morgan fingerprint density at radius 3 is 3.17 bits per heavy atom. The number of hydroxylamine groups is 2. The molecular weight excluding hydrogens is 308 g/mol. The first-order valence-electron chi connectivity index (χ1n) is 8.38. The maximum absolute atomic E-state index is 11.8. The monoisotopic (exact) mass is 329 g/mol. The standard InChI is InChI=1S/C17H21N4O3/c1-3-12-6-7-21(22)10-17(12)9-18-15(24-17)20-16-19-13-5-4-11(2)8-14(13)23-16/h4-5,8,12H,3,6-7,9-10H2,1-2H3,(H,18,19,20)/q-1/t12?,17-/m0/s1. The minimum Gasteiger partial charge on any atom is -0.785 e. The number of nitrogens with zero attached hydrogens (tertiary/aromatic N) is 3. The predicted octanol–water partition coefficient (Wildman–Crippen LogP) is 2.90. The lowest BCUT2D eigenvalue weighted by molar-refractivity contribution is -0.0330. The third-order valence-electron chi connectivity index (χ3n) is 4.96. The SMILES string of the molecule is CCC1CCN([O-])C[C@@]12CN=C(Nc1nc3ccc(C)cc3o1)O2. The van der Waals surface area contributed by atoms with Crippen molar-refractivity contribution >= 4 is 23.1 Å². The number of aromatic nitrogens is 1. The Morgan fingerprint density at radius 2 is 2.33 bits per heavy atom. The van der Waals surface area contributed by atoms with Gasteiger partial charge in [-0.25, -0.2) is 4.99 Å². The summed E-state index contributed by atoms with van der Waals surface area (Å²) < 4.78 is 11.8. The summed E-state index contributed by atoms with van der Waals surface area (Å²) in [5.41, 5.74) is 2.09. The number of piperidine rings is 1. The lowest BCUT2D eigenvalue weighted by Gasteiger charge is -2.47. The molecule has 0 aliphatic carbocycles. The van der Waals surface area contributed by atoms with Crippen LogP contribution in [0.1, 0.15) is 25.3 Å². The van der Waals surface area contributed by atoms with Crippen LogP contribution in [0.15, 0.2) is 27.6 Å². The van der Waals surface area contributed by atoms with Crippen molar-refractivity contribution in [3.8, 4) is 0 Å². The van der Waals surface area contributed by atoms with Gasteiger partial charge in [0.1, 0.15) is 11.1 Å². The average molecular weight is 329 g/mol. The number of aryl methyl sites for hydroxylation is 1. The van der Waals surface area contributed by atoms with Crippen LogP contribution in [0.3, 0.4) is 0 Å². The smallest absolute Gasteiger partial charge is 0.303 e. The molecule has 1 unspecified atom stereocenters. The van der Waals surface area contributed by atoms with Crippen LogP contribution in [-0.4, -0.2) is 41.3 Å². The fraction of sp³-hybridized carbons (Fsp3) is 0.529. The van der Waals surface area contributed by atoms with Crippen molar-refractivity contribution in [2.45, 2.75) is 32.3 Å². The number of hydrogen-bond donors (Lipinski definition) is 1. The van der Waals surface area contributed by atoms with Crippen LogP contribution in [0.2, 0.25) is 0 Å². The fourth-order valence-electron chi connectivity index (χ4n) is 3.64. The molecule has 1 saturated heterocycles. The van der Waals surface area contributed by atoms with Crippen molar-refractivity contribution in [3.05, 3.63) is 29.0 Å². The first kappa shape index (κ1) is 15.4. The highest BCUT2D eigenvalue weighted by molar-refractivity contribution is 5.89. The molecule has 7 heteroatoms. The van der Waals surface area contributed by atoms with E-state index in [1.165, 1.54) is 0 Å². The van der Waals surface area contributed by atoms with Crippen molar-refractivity contribution < 1.29 is 9.15 Å². The number of aliphatic imine (C=N–C) groups is 1. The van der Waals surface area contributed by atoms with E-state index in [4.69, 9.17) is 9.15 Å². The number of hydrogen-bond acceptors (Lipinski definition) is 7. The van der Waals surface area contributed by atoms with Gasteiger partial charge >= 0.3 is 6.01 Å². The zero-order chi connectivity index (χ0) is 16.7. The lowest BCUT2D eigenvalue weighted by Crippen LogP contribution is -2.54. The Labute approximate surface area is 140 Å². The van der Waals surface area contributed by atoms with Crippen LogP contribution in [0.4, 0.5) is 6.01 Å².